The van der Waals surface area contributed by atoms with Crippen molar-refractivity contribution in [2.45, 2.75) is 0 Å². The minimum atomic E-state index is 0.315. The average molecular weight is 136 g/mol. The zero-order valence-electron chi connectivity index (χ0n) is 4.98. The molecule has 0 aliphatic carbocycles. The topological polar surface area (TPSA) is 58.6 Å². The van der Waals surface area contributed by atoms with Crippen LogP contribution >= 0.6 is 0 Å². The second-order valence-electron chi connectivity index (χ2n) is 1.50. The van der Waals surface area contributed by atoms with Gasteiger partial charge in [-0.2, -0.15) is 0 Å². The first kappa shape index (κ1) is 6.36. The van der Waals surface area contributed by atoms with E-state index in [0.29, 0.717) is 11.5 Å². The van der Waals surface area contributed by atoms with Gasteiger partial charge in [0.25, 0.3) is 0 Å². The largest absolute Gasteiger partial charge is 0.411 e. The van der Waals surface area contributed by atoms with Crippen molar-refractivity contribution in [2.24, 2.45) is 5.16 Å². The molecule has 1 aromatic rings. The summed E-state index contributed by atoms with van der Waals surface area (Å²) in [6, 6.07) is 1.49. The van der Waals surface area contributed by atoms with Crippen LogP contribution in [0.1, 0.15) is 11.5 Å². The second kappa shape index (κ2) is 2.69. The van der Waals surface area contributed by atoms with Crippen molar-refractivity contribution in [3.8, 4) is 12.3 Å². The molecule has 0 unspecified atom stereocenters. The number of rotatable bonds is 1. The number of terminal acetylenes is 1. The van der Waals surface area contributed by atoms with Crippen molar-refractivity contribution in [3.63, 3.8) is 0 Å². The number of hydrogen-bond donors (Lipinski definition) is 1. The normalized spacial score (nSPS) is 9.90. The molecular formula is C6H4N2O2. The summed E-state index contributed by atoms with van der Waals surface area (Å²) in [7, 11) is 0. The van der Waals surface area contributed by atoms with Gasteiger partial charge in [-0.05, 0) is 5.92 Å². The fraction of sp³-hybridized carbons (Fsp3) is 0. The third-order valence-corrected chi connectivity index (χ3v) is 0.861. The van der Waals surface area contributed by atoms with E-state index in [-0.39, 0.29) is 0 Å². The van der Waals surface area contributed by atoms with Gasteiger partial charge in [0.15, 0.2) is 0 Å². The molecule has 0 amide bonds. The van der Waals surface area contributed by atoms with Crippen LogP contribution in [0.2, 0.25) is 0 Å². The van der Waals surface area contributed by atoms with E-state index in [9.17, 15) is 0 Å². The van der Waals surface area contributed by atoms with E-state index in [4.69, 9.17) is 11.6 Å². The molecule has 0 saturated carbocycles. The molecule has 0 spiro atoms. The van der Waals surface area contributed by atoms with E-state index in [2.05, 4.69) is 20.8 Å². The predicted octanol–water partition coefficient (Wildman–Crippen LogP) is 0.464. The maximum atomic E-state index is 8.04. The molecule has 1 heterocycles. The average Bonchev–Trinajstić information content (AvgIpc) is 2.37. The van der Waals surface area contributed by atoms with E-state index in [1.54, 1.807) is 0 Å². The van der Waals surface area contributed by atoms with Crippen molar-refractivity contribution < 1.29 is 9.73 Å². The van der Waals surface area contributed by atoms with Crippen LogP contribution in [0.15, 0.2) is 15.7 Å². The minimum Gasteiger partial charge on any atom is -0.411 e. The van der Waals surface area contributed by atoms with Crippen molar-refractivity contribution in [2.75, 3.05) is 0 Å². The Hall–Kier alpha value is -1.76. The summed E-state index contributed by atoms with van der Waals surface area (Å²) in [4.78, 5) is 0. The van der Waals surface area contributed by atoms with Crippen LogP contribution in [0.4, 0.5) is 0 Å². The zero-order chi connectivity index (χ0) is 7.40. The molecule has 1 rings (SSSR count). The fourth-order valence-corrected chi connectivity index (χ4v) is 0.477. The van der Waals surface area contributed by atoms with Crippen molar-refractivity contribution >= 4 is 6.21 Å². The Morgan fingerprint density at radius 3 is 3.20 bits per heavy atom. The Morgan fingerprint density at radius 2 is 2.70 bits per heavy atom. The Bertz CT molecular complexity index is 282. The van der Waals surface area contributed by atoms with Crippen LogP contribution in [0.3, 0.4) is 0 Å². The highest BCUT2D eigenvalue weighted by atomic mass is 16.5. The van der Waals surface area contributed by atoms with E-state index in [1.807, 2.05) is 0 Å². The van der Waals surface area contributed by atoms with Crippen LogP contribution in [0.25, 0.3) is 0 Å². The number of hydrogen-bond acceptors (Lipinski definition) is 4. The van der Waals surface area contributed by atoms with Crippen LogP contribution < -0.4 is 0 Å². The van der Waals surface area contributed by atoms with Crippen molar-refractivity contribution in [1.29, 1.82) is 0 Å². The quantitative estimate of drug-likeness (QED) is 0.264. The number of oxime groups is 1. The molecule has 0 radical (unpaired) electrons. The Balaban J connectivity index is 2.91. The van der Waals surface area contributed by atoms with E-state index >= 15 is 0 Å². The molecular weight excluding hydrogens is 132 g/mol. The van der Waals surface area contributed by atoms with E-state index in [1.165, 1.54) is 6.07 Å². The lowest BCUT2D eigenvalue weighted by Gasteiger charge is -1.70. The van der Waals surface area contributed by atoms with Gasteiger partial charge in [0.2, 0.25) is 5.76 Å². The van der Waals surface area contributed by atoms with Crippen LogP contribution in [-0.4, -0.2) is 16.6 Å². The Kier molecular flexibility index (Phi) is 1.71. The molecule has 1 N–H and O–H groups in total. The molecule has 0 atom stereocenters. The summed E-state index contributed by atoms with van der Waals surface area (Å²) in [5, 5.41) is 14.2. The lowest BCUT2D eigenvalue weighted by Crippen LogP contribution is -1.76. The third kappa shape index (κ3) is 1.14. The highest BCUT2D eigenvalue weighted by molar-refractivity contribution is 5.76. The molecule has 0 bridgehead atoms. The molecule has 0 saturated heterocycles. The summed E-state index contributed by atoms with van der Waals surface area (Å²) in [5.41, 5.74) is 0.399. The van der Waals surface area contributed by atoms with Gasteiger partial charge in [0.05, 0.1) is 6.21 Å². The first-order valence-corrected chi connectivity index (χ1v) is 2.47. The number of nitrogens with zero attached hydrogens (tertiary/aromatic N) is 2. The molecule has 0 aromatic carbocycles. The molecule has 50 valence electrons. The SMILES string of the molecule is C#Cc1cc(C=NO)no1. The Labute approximate surface area is 57.1 Å². The van der Waals surface area contributed by atoms with E-state index in [0.717, 1.165) is 6.21 Å². The van der Waals surface area contributed by atoms with Gasteiger partial charge in [-0.3, -0.25) is 0 Å². The molecule has 4 heteroatoms. The minimum absolute atomic E-state index is 0.315. The highest BCUT2D eigenvalue weighted by Crippen LogP contribution is 1.97. The smallest absolute Gasteiger partial charge is 0.210 e. The van der Waals surface area contributed by atoms with Crippen LogP contribution in [0.5, 0.6) is 0 Å². The van der Waals surface area contributed by atoms with E-state index < -0.39 is 0 Å². The molecule has 0 aliphatic heterocycles. The monoisotopic (exact) mass is 136 g/mol. The first-order chi connectivity index (χ1) is 4.86. The summed E-state index contributed by atoms with van der Waals surface area (Å²) >= 11 is 0. The van der Waals surface area contributed by atoms with Crippen molar-refractivity contribution in [1.82, 2.24) is 5.16 Å². The van der Waals surface area contributed by atoms with Gasteiger partial charge >= 0.3 is 0 Å². The van der Waals surface area contributed by atoms with Gasteiger partial charge in [-0.15, -0.1) is 6.42 Å². The van der Waals surface area contributed by atoms with Gasteiger partial charge < -0.3 is 9.73 Å². The summed E-state index contributed by atoms with van der Waals surface area (Å²) in [5.74, 6) is 2.55. The van der Waals surface area contributed by atoms with Gasteiger partial charge in [0, 0.05) is 6.07 Å². The first-order valence-electron chi connectivity index (χ1n) is 2.47. The number of aromatic nitrogens is 1. The van der Waals surface area contributed by atoms with Gasteiger partial charge in [-0.1, -0.05) is 10.3 Å². The third-order valence-electron chi connectivity index (χ3n) is 0.861. The Morgan fingerprint density at radius 1 is 1.90 bits per heavy atom. The predicted molar refractivity (Wildman–Crippen MR) is 33.8 cm³/mol. The summed E-state index contributed by atoms with van der Waals surface area (Å²) < 4.78 is 4.58. The highest BCUT2D eigenvalue weighted by Gasteiger charge is 1.96. The second-order valence-corrected chi connectivity index (χ2v) is 1.50. The zero-order valence-corrected chi connectivity index (χ0v) is 4.98. The summed E-state index contributed by atoms with van der Waals surface area (Å²) in [6.07, 6.45) is 6.10. The molecule has 4 nitrogen and oxygen atoms in total. The molecule has 0 aliphatic rings. The van der Waals surface area contributed by atoms with Gasteiger partial charge in [-0.25, -0.2) is 0 Å². The van der Waals surface area contributed by atoms with Crippen LogP contribution in [0, 0.1) is 12.3 Å². The van der Waals surface area contributed by atoms with Gasteiger partial charge in [0.1, 0.15) is 5.69 Å². The lowest BCUT2D eigenvalue weighted by atomic mass is 10.4. The lowest BCUT2D eigenvalue weighted by molar-refractivity contribution is 0.321. The molecule has 10 heavy (non-hydrogen) atoms. The molecule has 1 aromatic heterocycles. The standard InChI is InChI=1S/C6H4N2O2/c1-2-6-3-5(4-7-9)8-10-6/h1,3-4,9H. The molecule has 0 fully saturated rings. The maximum absolute atomic E-state index is 8.04. The van der Waals surface area contributed by atoms with Crippen LogP contribution in [-0.2, 0) is 0 Å². The fourth-order valence-electron chi connectivity index (χ4n) is 0.477. The van der Waals surface area contributed by atoms with Crippen molar-refractivity contribution in [3.05, 3.63) is 17.5 Å². The maximum Gasteiger partial charge on any atom is 0.210 e. The summed E-state index contributed by atoms with van der Waals surface area (Å²) in [6.45, 7) is 0.